The summed E-state index contributed by atoms with van der Waals surface area (Å²) in [6.07, 6.45) is 0.638. The quantitative estimate of drug-likeness (QED) is 0.493. The maximum absolute atomic E-state index is 14.7. The first-order valence-electron chi connectivity index (χ1n) is 10.5. The fraction of sp³-hybridized carbons (Fsp3) is 0.304. The predicted octanol–water partition coefficient (Wildman–Crippen LogP) is 3.61. The van der Waals surface area contributed by atoms with Crippen molar-refractivity contribution in [1.82, 2.24) is 20.5 Å². The van der Waals surface area contributed by atoms with Gasteiger partial charge in [0, 0.05) is 26.1 Å². The molecule has 2 N–H and O–H groups in total. The van der Waals surface area contributed by atoms with Gasteiger partial charge < -0.3 is 14.9 Å². The smallest absolute Gasteiger partial charge is 0.304 e. The second-order valence-electron chi connectivity index (χ2n) is 7.49. The lowest BCUT2D eigenvalue weighted by Gasteiger charge is -2.21. The molecule has 2 aromatic carbocycles. The Kier molecular flexibility index (Phi) is 6.55. The van der Waals surface area contributed by atoms with Gasteiger partial charge in [-0.15, -0.1) is 0 Å². The summed E-state index contributed by atoms with van der Waals surface area (Å²) in [5.41, 5.74) is 2.77. The molecule has 4 rings (SSSR count). The van der Waals surface area contributed by atoms with Crippen LogP contribution in [0.25, 0.3) is 11.4 Å². The maximum atomic E-state index is 14.7. The number of carboxylic acid groups (broad SMARTS) is 1. The van der Waals surface area contributed by atoms with Gasteiger partial charge in [0.25, 0.3) is 5.89 Å². The van der Waals surface area contributed by atoms with Crippen molar-refractivity contribution < 1.29 is 18.8 Å². The third kappa shape index (κ3) is 4.83. The van der Waals surface area contributed by atoms with Crippen LogP contribution in [0.5, 0.6) is 0 Å². The van der Waals surface area contributed by atoms with E-state index >= 15 is 0 Å². The van der Waals surface area contributed by atoms with Gasteiger partial charge in [-0.25, -0.2) is 4.39 Å². The lowest BCUT2D eigenvalue weighted by molar-refractivity contribution is -0.136. The van der Waals surface area contributed by atoms with Crippen LogP contribution in [0.2, 0.25) is 0 Å². The maximum Gasteiger partial charge on any atom is 0.304 e. The van der Waals surface area contributed by atoms with Gasteiger partial charge in [0.1, 0.15) is 11.5 Å². The Morgan fingerprint density at radius 2 is 2.09 bits per heavy atom. The zero-order valence-corrected chi connectivity index (χ0v) is 17.7. The first kappa shape index (κ1) is 21.6. The molecular formula is C23H24FN5O3. The van der Waals surface area contributed by atoms with Crippen LogP contribution in [0.4, 0.5) is 4.39 Å². The lowest BCUT2D eigenvalue weighted by Crippen LogP contribution is -2.18. The number of nitrogens with one attached hydrogen (secondary N) is 1. The number of hydrogen-bond acceptors (Lipinski definition) is 7. The van der Waals surface area contributed by atoms with Crippen molar-refractivity contribution in [1.29, 1.82) is 0 Å². The van der Waals surface area contributed by atoms with Crippen molar-refractivity contribution >= 4 is 11.7 Å². The molecule has 0 bridgehead atoms. The van der Waals surface area contributed by atoms with E-state index in [1.165, 1.54) is 6.07 Å². The fourth-order valence-electron chi connectivity index (χ4n) is 3.67. The van der Waals surface area contributed by atoms with E-state index in [9.17, 15) is 9.18 Å². The van der Waals surface area contributed by atoms with E-state index in [0.29, 0.717) is 30.8 Å². The van der Waals surface area contributed by atoms with Crippen LogP contribution in [-0.4, -0.2) is 45.0 Å². The van der Waals surface area contributed by atoms with Crippen molar-refractivity contribution in [2.75, 3.05) is 13.1 Å². The van der Waals surface area contributed by atoms with Crippen LogP contribution in [0.1, 0.15) is 42.8 Å². The Hall–Kier alpha value is -3.59. The zero-order chi connectivity index (χ0) is 22.5. The molecule has 0 radical (unpaired) electrons. The summed E-state index contributed by atoms with van der Waals surface area (Å²) >= 11 is 0. The number of aliphatic carboxylic acids is 1. The molecule has 3 aromatic rings. The van der Waals surface area contributed by atoms with Crippen molar-refractivity contribution in [3.8, 4) is 11.4 Å². The largest absolute Gasteiger partial charge is 0.481 e. The molecule has 1 aliphatic heterocycles. The van der Waals surface area contributed by atoms with Gasteiger partial charge in [-0.2, -0.15) is 10.1 Å². The summed E-state index contributed by atoms with van der Waals surface area (Å²) in [6, 6.07) is 14.9. The molecule has 2 heterocycles. The molecule has 1 aliphatic rings. The average Bonchev–Trinajstić information content (AvgIpc) is 3.44. The molecule has 1 unspecified atom stereocenters. The molecule has 0 fully saturated rings. The van der Waals surface area contributed by atoms with Gasteiger partial charge in [0.05, 0.1) is 18.0 Å². The van der Waals surface area contributed by atoms with Crippen molar-refractivity contribution in [2.45, 2.75) is 32.4 Å². The normalized spacial score (nSPS) is 15.8. The summed E-state index contributed by atoms with van der Waals surface area (Å²) in [5, 5.41) is 22.2. The molecule has 32 heavy (non-hydrogen) atoms. The minimum Gasteiger partial charge on any atom is -0.481 e. The highest BCUT2D eigenvalue weighted by atomic mass is 19.1. The Morgan fingerprint density at radius 3 is 2.81 bits per heavy atom. The summed E-state index contributed by atoms with van der Waals surface area (Å²) in [5.74, 6) is -0.899. The van der Waals surface area contributed by atoms with Crippen LogP contribution >= 0.6 is 0 Å². The van der Waals surface area contributed by atoms with E-state index in [-0.39, 0.29) is 29.7 Å². The van der Waals surface area contributed by atoms with Gasteiger partial charge in [-0.05, 0) is 30.2 Å². The van der Waals surface area contributed by atoms with E-state index in [1.807, 2.05) is 30.1 Å². The van der Waals surface area contributed by atoms with E-state index < -0.39 is 11.8 Å². The van der Waals surface area contributed by atoms with Gasteiger partial charge in [0.15, 0.2) is 0 Å². The fourth-order valence-corrected chi connectivity index (χ4v) is 3.67. The standard InChI is InChI=1S/C23H24FN5O3/c1-2-29-20(16-6-4-3-5-7-16)13-19(27-29)23-26-22(28-32-23)17-9-8-15(12-18(17)24)14-25-11-10-21(30)31/h3-9,12,20,25H,2,10-11,13-14H2,1H3,(H,30,31). The van der Waals surface area contributed by atoms with Crippen molar-refractivity contribution in [3.05, 3.63) is 71.4 Å². The average molecular weight is 437 g/mol. The van der Waals surface area contributed by atoms with Gasteiger partial charge in [-0.3, -0.25) is 9.80 Å². The van der Waals surface area contributed by atoms with E-state index in [0.717, 1.165) is 12.1 Å². The summed E-state index contributed by atoms with van der Waals surface area (Å²) in [6.45, 7) is 3.45. The molecule has 166 valence electrons. The minimum atomic E-state index is -0.879. The van der Waals surface area contributed by atoms with Crippen molar-refractivity contribution in [2.24, 2.45) is 5.10 Å². The number of aromatic nitrogens is 2. The van der Waals surface area contributed by atoms with E-state index in [1.54, 1.807) is 12.1 Å². The number of halogens is 1. The molecule has 0 saturated carbocycles. The number of hydrogen-bond donors (Lipinski definition) is 2. The van der Waals surface area contributed by atoms with Gasteiger partial charge in [-0.1, -0.05) is 41.6 Å². The molecule has 0 spiro atoms. The number of carboxylic acids is 1. The van der Waals surface area contributed by atoms with Crippen molar-refractivity contribution in [3.63, 3.8) is 0 Å². The lowest BCUT2D eigenvalue weighted by atomic mass is 10.0. The third-order valence-electron chi connectivity index (χ3n) is 5.30. The van der Waals surface area contributed by atoms with Crippen LogP contribution in [0, 0.1) is 5.82 Å². The summed E-state index contributed by atoms with van der Waals surface area (Å²) < 4.78 is 20.1. The van der Waals surface area contributed by atoms with Crippen LogP contribution in [0.15, 0.2) is 58.2 Å². The van der Waals surface area contributed by atoms with E-state index in [2.05, 4.69) is 32.7 Å². The Balaban J connectivity index is 1.46. The predicted molar refractivity (Wildman–Crippen MR) is 116 cm³/mol. The molecule has 1 aromatic heterocycles. The first-order valence-corrected chi connectivity index (χ1v) is 10.5. The molecular weight excluding hydrogens is 413 g/mol. The number of carbonyl (C=O) groups is 1. The SMILES string of the molecule is CCN1N=C(c2nc(-c3ccc(CNCCC(=O)O)cc3F)no2)CC1c1ccccc1. The Labute approximate surface area is 184 Å². The number of benzene rings is 2. The zero-order valence-electron chi connectivity index (χ0n) is 17.7. The monoisotopic (exact) mass is 437 g/mol. The third-order valence-corrected chi connectivity index (χ3v) is 5.30. The molecule has 0 saturated heterocycles. The molecule has 9 heteroatoms. The van der Waals surface area contributed by atoms with Gasteiger partial charge >= 0.3 is 5.97 Å². The van der Waals surface area contributed by atoms with Crippen LogP contribution < -0.4 is 5.32 Å². The second-order valence-corrected chi connectivity index (χ2v) is 7.49. The molecule has 8 nitrogen and oxygen atoms in total. The highest BCUT2D eigenvalue weighted by Gasteiger charge is 2.30. The van der Waals surface area contributed by atoms with Crippen LogP contribution in [0.3, 0.4) is 0 Å². The topological polar surface area (TPSA) is 104 Å². The molecule has 0 amide bonds. The molecule has 0 aliphatic carbocycles. The number of nitrogens with zero attached hydrogens (tertiary/aromatic N) is 4. The summed E-state index contributed by atoms with van der Waals surface area (Å²) in [4.78, 5) is 14.9. The number of rotatable bonds is 9. The first-order chi connectivity index (χ1) is 15.5. The minimum absolute atomic E-state index is 0.0106. The Bertz CT molecular complexity index is 1120. The van der Waals surface area contributed by atoms with E-state index in [4.69, 9.17) is 9.63 Å². The highest BCUT2D eigenvalue weighted by molar-refractivity contribution is 5.98. The summed E-state index contributed by atoms with van der Waals surface area (Å²) in [7, 11) is 0. The Morgan fingerprint density at radius 1 is 1.28 bits per heavy atom. The van der Waals surface area contributed by atoms with Crippen LogP contribution in [-0.2, 0) is 11.3 Å². The molecule has 1 atom stereocenters. The second kappa shape index (κ2) is 9.69. The van der Waals surface area contributed by atoms with Gasteiger partial charge in [0.2, 0.25) is 5.82 Å². The highest BCUT2D eigenvalue weighted by Crippen LogP contribution is 2.32. The number of hydrazone groups is 1.